The lowest BCUT2D eigenvalue weighted by atomic mass is 10.1. The number of anilines is 1. The minimum atomic E-state index is -3.65. The molecule has 0 saturated heterocycles. The minimum Gasteiger partial charge on any atom is -0.420 e. The smallest absolute Gasteiger partial charge is 0.271 e. The molecule has 0 bridgehead atoms. The third-order valence-corrected chi connectivity index (χ3v) is 6.90. The highest BCUT2D eigenvalue weighted by molar-refractivity contribution is 7.94. The highest BCUT2D eigenvalue weighted by Crippen LogP contribution is 2.40. The van der Waals surface area contributed by atoms with Gasteiger partial charge in [-0.25, -0.2) is 8.42 Å². The van der Waals surface area contributed by atoms with Crippen LogP contribution in [0, 0.1) is 0 Å². The van der Waals surface area contributed by atoms with Gasteiger partial charge in [-0.15, -0.1) is 21.5 Å². The molecule has 1 fully saturated rings. The van der Waals surface area contributed by atoms with E-state index < -0.39 is 10.0 Å². The molecule has 0 amide bonds. The van der Waals surface area contributed by atoms with Crippen LogP contribution in [0.15, 0.2) is 44.3 Å². The first-order valence-corrected chi connectivity index (χ1v) is 10.5. The van der Waals surface area contributed by atoms with Gasteiger partial charge in [-0.2, -0.15) is 0 Å². The predicted molar refractivity (Wildman–Crippen MR) is 96.2 cm³/mol. The number of rotatable bonds is 6. The van der Waals surface area contributed by atoms with Crippen molar-refractivity contribution in [2.45, 2.75) is 36.3 Å². The number of sulfonamides is 1. The normalized spacial score (nSPS) is 14.6. The van der Waals surface area contributed by atoms with E-state index >= 15 is 0 Å². The number of benzene rings is 1. The van der Waals surface area contributed by atoms with E-state index in [1.807, 2.05) is 25.1 Å². The van der Waals surface area contributed by atoms with Crippen LogP contribution in [0.1, 0.15) is 37.1 Å². The summed E-state index contributed by atoms with van der Waals surface area (Å²) < 4.78 is 33.9. The molecule has 1 N–H and O–H groups in total. The molecule has 25 heavy (non-hydrogen) atoms. The lowest BCUT2D eigenvalue weighted by molar-refractivity contribution is 0.508. The van der Waals surface area contributed by atoms with Crippen LogP contribution in [0.2, 0.25) is 0 Å². The van der Waals surface area contributed by atoms with Crippen molar-refractivity contribution in [1.82, 2.24) is 10.2 Å². The number of thiophene rings is 1. The van der Waals surface area contributed by atoms with Crippen molar-refractivity contribution in [3.05, 3.63) is 47.2 Å². The summed E-state index contributed by atoms with van der Waals surface area (Å²) in [5, 5.41) is 9.80. The van der Waals surface area contributed by atoms with Crippen LogP contribution < -0.4 is 4.72 Å². The molecule has 1 aliphatic carbocycles. The molecule has 2 heterocycles. The fraction of sp³-hybridized carbons (Fsp3) is 0.294. The molecular weight excluding hydrogens is 358 g/mol. The van der Waals surface area contributed by atoms with Gasteiger partial charge in [-0.1, -0.05) is 25.1 Å². The monoisotopic (exact) mass is 375 g/mol. The minimum absolute atomic E-state index is 0.222. The highest BCUT2D eigenvalue weighted by Gasteiger charge is 2.30. The first kappa shape index (κ1) is 16.3. The first-order valence-electron chi connectivity index (χ1n) is 8.10. The quantitative estimate of drug-likeness (QED) is 0.703. The Morgan fingerprint density at radius 2 is 2.08 bits per heavy atom. The molecule has 3 aromatic rings. The Labute approximate surface area is 150 Å². The second-order valence-corrected chi connectivity index (χ2v) is 8.81. The molecule has 0 unspecified atom stereocenters. The lowest BCUT2D eigenvalue weighted by Gasteiger charge is -2.10. The van der Waals surface area contributed by atoms with Crippen LogP contribution in [0.4, 0.5) is 5.69 Å². The Morgan fingerprint density at radius 1 is 1.28 bits per heavy atom. The standard InChI is InChI=1S/C17H17N3O3S2/c1-2-11-5-3-4-6-14(11)20-25(21,22)15-9-13(10-24-15)17-19-18-16(23-17)12-7-8-12/h3-6,9-10,12,20H,2,7-8H2,1H3. The van der Waals surface area contributed by atoms with E-state index in [4.69, 9.17) is 4.42 Å². The summed E-state index contributed by atoms with van der Waals surface area (Å²) in [5.74, 6) is 1.38. The molecular formula is C17H17N3O3S2. The number of hydrogen-bond acceptors (Lipinski definition) is 6. The number of aromatic nitrogens is 2. The van der Waals surface area contributed by atoms with Crippen molar-refractivity contribution in [2.24, 2.45) is 0 Å². The van der Waals surface area contributed by atoms with Crippen LogP contribution in [-0.4, -0.2) is 18.6 Å². The number of aryl methyl sites for hydroxylation is 1. The van der Waals surface area contributed by atoms with Gasteiger partial charge < -0.3 is 4.42 Å². The van der Waals surface area contributed by atoms with E-state index in [2.05, 4.69) is 14.9 Å². The van der Waals surface area contributed by atoms with Gasteiger partial charge in [0.05, 0.1) is 11.3 Å². The summed E-state index contributed by atoms with van der Waals surface area (Å²) in [6, 6.07) is 8.97. The van der Waals surface area contributed by atoms with Crippen LogP contribution in [0.25, 0.3) is 11.5 Å². The Hall–Kier alpha value is -2.19. The van der Waals surface area contributed by atoms with Gasteiger partial charge in [0.25, 0.3) is 10.0 Å². The van der Waals surface area contributed by atoms with Gasteiger partial charge >= 0.3 is 0 Å². The maximum absolute atomic E-state index is 12.7. The van der Waals surface area contributed by atoms with Crippen molar-refractivity contribution in [1.29, 1.82) is 0 Å². The molecule has 130 valence electrons. The summed E-state index contributed by atoms with van der Waals surface area (Å²) in [6.07, 6.45) is 2.90. The van der Waals surface area contributed by atoms with E-state index in [1.54, 1.807) is 17.5 Å². The molecule has 0 spiro atoms. The number of hydrogen-bond donors (Lipinski definition) is 1. The van der Waals surface area contributed by atoms with Crippen molar-refractivity contribution < 1.29 is 12.8 Å². The Balaban J connectivity index is 1.59. The largest absolute Gasteiger partial charge is 0.420 e. The molecule has 1 aliphatic rings. The molecule has 1 saturated carbocycles. The number of nitrogens with zero attached hydrogens (tertiary/aromatic N) is 2. The third-order valence-electron chi connectivity index (χ3n) is 4.10. The van der Waals surface area contributed by atoms with Crippen molar-refractivity contribution in [3.63, 3.8) is 0 Å². The van der Waals surface area contributed by atoms with E-state index in [-0.39, 0.29) is 4.21 Å². The van der Waals surface area contributed by atoms with E-state index in [0.29, 0.717) is 29.0 Å². The summed E-state index contributed by atoms with van der Waals surface area (Å²) in [7, 11) is -3.65. The van der Waals surface area contributed by atoms with Crippen molar-refractivity contribution in [2.75, 3.05) is 4.72 Å². The number of nitrogens with one attached hydrogen (secondary N) is 1. The molecule has 8 heteroatoms. The van der Waals surface area contributed by atoms with Crippen molar-refractivity contribution >= 4 is 27.0 Å². The van der Waals surface area contributed by atoms with Crippen LogP contribution in [0.5, 0.6) is 0 Å². The lowest BCUT2D eigenvalue weighted by Crippen LogP contribution is -2.12. The summed E-state index contributed by atoms with van der Waals surface area (Å²) >= 11 is 1.14. The number of para-hydroxylation sites is 1. The average molecular weight is 375 g/mol. The second kappa shape index (κ2) is 6.27. The van der Waals surface area contributed by atoms with E-state index in [9.17, 15) is 8.42 Å². The highest BCUT2D eigenvalue weighted by atomic mass is 32.2. The SMILES string of the molecule is CCc1ccccc1NS(=O)(=O)c1cc(-c2nnc(C3CC3)o2)cs1. The fourth-order valence-corrected chi connectivity index (χ4v) is 4.79. The fourth-order valence-electron chi connectivity index (χ4n) is 2.54. The molecule has 6 nitrogen and oxygen atoms in total. The average Bonchev–Trinajstić information content (AvgIpc) is 3.12. The van der Waals surface area contributed by atoms with Crippen molar-refractivity contribution in [3.8, 4) is 11.5 Å². The molecule has 2 aromatic heterocycles. The Kier molecular flexibility index (Phi) is 4.09. The molecule has 0 aliphatic heterocycles. The first-order chi connectivity index (χ1) is 12.1. The van der Waals surface area contributed by atoms with Crippen LogP contribution in [0.3, 0.4) is 0 Å². The van der Waals surface area contributed by atoms with Gasteiger partial charge in [-0.05, 0) is 37.0 Å². The zero-order chi connectivity index (χ0) is 17.4. The summed E-state index contributed by atoms with van der Waals surface area (Å²) in [5.41, 5.74) is 2.19. The maximum Gasteiger partial charge on any atom is 0.271 e. The molecule has 4 rings (SSSR count). The summed E-state index contributed by atoms with van der Waals surface area (Å²) in [6.45, 7) is 1.99. The third kappa shape index (κ3) is 3.32. The second-order valence-electron chi connectivity index (χ2n) is 5.99. The summed E-state index contributed by atoms with van der Waals surface area (Å²) in [4.78, 5) is 0. The van der Waals surface area contributed by atoms with Gasteiger partial charge in [0.15, 0.2) is 0 Å². The predicted octanol–water partition coefficient (Wildman–Crippen LogP) is 4.04. The van der Waals surface area contributed by atoms with Gasteiger partial charge in [0, 0.05) is 11.3 Å². The van der Waals surface area contributed by atoms with E-state index in [1.165, 1.54) is 0 Å². The Morgan fingerprint density at radius 3 is 2.84 bits per heavy atom. The van der Waals surface area contributed by atoms with E-state index in [0.717, 1.165) is 36.2 Å². The maximum atomic E-state index is 12.7. The van der Waals surface area contributed by atoms with Crippen LogP contribution in [-0.2, 0) is 16.4 Å². The van der Waals surface area contributed by atoms with Crippen LogP contribution >= 0.6 is 11.3 Å². The molecule has 1 aromatic carbocycles. The topological polar surface area (TPSA) is 85.1 Å². The van der Waals surface area contributed by atoms with Gasteiger partial charge in [-0.3, -0.25) is 4.72 Å². The van der Waals surface area contributed by atoms with Gasteiger partial charge in [0.1, 0.15) is 4.21 Å². The zero-order valence-electron chi connectivity index (χ0n) is 13.6. The molecule has 0 atom stereocenters. The van der Waals surface area contributed by atoms with Gasteiger partial charge in [0.2, 0.25) is 11.8 Å². The Bertz CT molecular complexity index is 1000. The molecule has 0 radical (unpaired) electrons. The zero-order valence-corrected chi connectivity index (χ0v) is 15.2.